The first-order chi connectivity index (χ1) is 14.8. The van der Waals surface area contributed by atoms with E-state index in [-0.39, 0.29) is 5.91 Å². The van der Waals surface area contributed by atoms with Gasteiger partial charge in [-0.2, -0.15) is 0 Å². The third-order valence-corrected chi connectivity index (χ3v) is 5.68. The zero-order chi connectivity index (χ0) is 22.4. The van der Waals surface area contributed by atoms with Crippen LogP contribution >= 0.6 is 0 Å². The predicted octanol–water partition coefficient (Wildman–Crippen LogP) is 3.50. The number of carbonyl (C=O) groups excluding carboxylic acids is 2. The molecule has 0 radical (unpaired) electrons. The van der Waals surface area contributed by atoms with Gasteiger partial charge in [0.2, 0.25) is 11.8 Å². The Morgan fingerprint density at radius 1 is 1.03 bits per heavy atom. The molecule has 2 N–H and O–H groups in total. The average Bonchev–Trinajstić information content (AvgIpc) is 2.78. The topological polar surface area (TPSA) is 61.4 Å². The van der Waals surface area contributed by atoms with E-state index in [1.54, 1.807) is 6.92 Å². The number of nitrogens with zero attached hydrogens (tertiary/aromatic N) is 1. The van der Waals surface area contributed by atoms with Crippen LogP contribution in [0, 0.1) is 23.4 Å². The minimum absolute atomic E-state index is 0.317. The van der Waals surface area contributed by atoms with Crippen molar-refractivity contribution in [1.29, 1.82) is 0 Å². The first-order valence-electron chi connectivity index (χ1n) is 10.3. The number of likely N-dealkylation sites (tertiary alicyclic amines) is 1. The number of anilines is 1. The summed E-state index contributed by atoms with van der Waals surface area (Å²) in [5, 5.41) is 4.65. The number of piperidine rings is 1. The first-order valence-corrected chi connectivity index (χ1v) is 10.3. The molecule has 0 saturated carbocycles. The van der Waals surface area contributed by atoms with E-state index in [1.807, 2.05) is 18.2 Å². The number of hydrogen-bond acceptors (Lipinski definition) is 3. The largest absolute Gasteiger partial charge is 0.346 e. The van der Waals surface area contributed by atoms with Gasteiger partial charge in [-0.25, -0.2) is 13.2 Å². The van der Waals surface area contributed by atoms with Gasteiger partial charge in [0.1, 0.15) is 0 Å². The van der Waals surface area contributed by atoms with Crippen LogP contribution in [-0.2, 0) is 16.0 Å². The Morgan fingerprint density at radius 2 is 1.71 bits per heavy atom. The Hall–Kier alpha value is -2.87. The number of rotatable bonds is 7. The maximum Gasteiger partial charge on any atom is 0.243 e. The van der Waals surface area contributed by atoms with Crippen molar-refractivity contribution in [1.82, 2.24) is 10.2 Å². The number of amides is 2. The van der Waals surface area contributed by atoms with Gasteiger partial charge in [-0.05, 0) is 62.9 Å². The van der Waals surface area contributed by atoms with Crippen LogP contribution in [-0.4, -0.2) is 42.4 Å². The third-order valence-electron chi connectivity index (χ3n) is 5.68. The van der Waals surface area contributed by atoms with Crippen molar-refractivity contribution in [3.8, 4) is 0 Å². The van der Waals surface area contributed by atoms with E-state index in [1.165, 1.54) is 5.56 Å². The summed E-state index contributed by atoms with van der Waals surface area (Å²) in [5.74, 6) is -4.96. The normalized spacial score (nSPS) is 16.0. The van der Waals surface area contributed by atoms with Gasteiger partial charge in [0.25, 0.3) is 0 Å². The smallest absolute Gasteiger partial charge is 0.243 e. The van der Waals surface area contributed by atoms with Crippen molar-refractivity contribution in [3.63, 3.8) is 0 Å². The Kier molecular flexibility index (Phi) is 7.68. The van der Waals surface area contributed by atoms with E-state index in [9.17, 15) is 22.8 Å². The van der Waals surface area contributed by atoms with Crippen molar-refractivity contribution in [2.45, 2.75) is 32.2 Å². The summed E-state index contributed by atoms with van der Waals surface area (Å²) < 4.78 is 39.8. The van der Waals surface area contributed by atoms with E-state index in [0.29, 0.717) is 5.92 Å². The molecule has 2 aromatic carbocycles. The molecule has 1 aliphatic heterocycles. The molecule has 2 aromatic rings. The fourth-order valence-corrected chi connectivity index (χ4v) is 3.79. The van der Waals surface area contributed by atoms with E-state index >= 15 is 0 Å². The molecule has 8 heteroatoms. The molecule has 0 aliphatic carbocycles. The molecule has 166 valence electrons. The lowest BCUT2D eigenvalue weighted by Gasteiger charge is -2.35. The monoisotopic (exact) mass is 433 g/mol. The summed E-state index contributed by atoms with van der Waals surface area (Å²) >= 11 is 0. The molecule has 0 spiro atoms. The number of nitrogens with one attached hydrogen (secondary N) is 2. The SMILES string of the molecule is C[C@H](C(=O)NCC(=O)Nc1ccc(F)c(F)c1F)N1CCC(Cc2ccccc2)CC1. The van der Waals surface area contributed by atoms with Crippen molar-refractivity contribution >= 4 is 17.5 Å². The summed E-state index contributed by atoms with van der Waals surface area (Å²) in [5.41, 5.74) is 0.835. The molecule has 2 amide bonds. The Bertz CT molecular complexity index is 916. The third kappa shape index (κ3) is 6.07. The molecule has 1 heterocycles. The van der Waals surface area contributed by atoms with Crippen molar-refractivity contribution < 1.29 is 22.8 Å². The van der Waals surface area contributed by atoms with Crippen LogP contribution < -0.4 is 10.6 Å². The molecular formula is C23H26F3N3O2. The summed E-state index contributed by atoms with van der Waals surface area (Å²) in [6.07, 6.45) is 3.00. The first kappa shape index (κ1) is 22.8. The van der Waals surface area contributed by atoms with Crippen LogP contribution in [0.1, 0.15) is 25.3 Å². The van der Waals surface area contributed by atoms with E-state index in [4.69, 9.17) is 0 Å². The predicted molar refractivity (Wildman–Crippen MR) is 112 cm³/mol. The van der Waals surface area contributed by atoms with E-state index in [2.05, 4.69) is 27.7 Å². The van der Waals surface area contributed by atoms with E-state index in [0.717, 1.165) is 44.5 Å². The highest BCUT2D eigenvalue weighted by atomic mass is 19.2. The lowest BCUT2D eigenvalue weighted by molar-refractivity contribution is -0.128. The fourth-order valence-electron chi connectivity index (χ4n) is 3.79. The minimum atomic E-state index is -1.66. The van der Waals surface area contributed by atoms with Crippen molar-refractivity contribution in [2.24, 2.45) is 5.92 Å². The highest BCUT2D eigenvalue weighted by molar-refractivity contribution is 5.95. The second-order valence-electron chi connectivity index (χ2n) is 7.83. The minimum Gasteiger partial charge on any atom is -0.346 e. The van der Waals surface area contributed by atoms with Crippen molar-refractivity contribution in [3.05, 3.63) is 65.5 Å². The van der Waals surface area contributed by atoms with Gasteiger partial charge in [0.15, 0.2) is 17.5 Å². The summed E-state index contributed by atoms with van der Waals surface area (Å²) in [6.45, 7) is 2.96. The molecule has 31 heavy (non-hydrogen) atoms. The summed E-state index contributed by atoms with van der Waals surface area (Å²) in [6, 6.07) is 11.6. The van der Waals surface area contributed by atoms with Gasteiger partial charge in [-0.15, -0.1) is 0 Å². The molecular weight excluding hydrogens is 407 g/mol. The molecule has 0 aromatic heterocycles. The van der Waals surface area contributed by atoms with Gasteiger partial charge < -0.3 is 10.6 Å². The fraction of sp³-hybridized carbons (Fsp3) is 0.391. The second-order valence-corrected chi connectivity index (χ2v) is 7.83. The highest BCUT2D eigenvalue weighted by Crippen LogP contribution is 2.23. The maximum absolute atomic E-state index is 13.6. The Labute approximate surface area is 179 Å². The van der Waals surface area contributed by atoms with Crippen LogP contribution in [0.4, 0.5) is 18.9 Å². The van der Waals surface area contributed by atoms with Gasteiger partial charge >= 0.3 is 0 Å². The zero-order valence-electron chi connectivity index (χ0n) is 17.3. The van der Waals surface area contributed by atoms with Crippen LogP contribution in [0.25, 0.3) is 0 Å². The summed E-state index contributed by atoms with van der Waals surface area (Å²) in [4.78, 5) is 26.5. The van der Waals surface area contributed by atoms with Gasteiger partial charge in [0.05, 0.1) is 18.3 Å². The molecule has 3 rings (SSSR count). The van der Waals surface area contributed by atoms with E-state index < -0.39 is 41.6 Å². The van der Waals surface area contributed by atoms with Gasteiger partial charge in [0, 0.05) is 0 Å². The molecule has 1 atom stereocenters. The maximum atomic E-state index is 13.6. The van der Waals surface area contributed by atoms with Crippen LogP contribution in [0.5, 0.6) is 0 Å². The number of hydrogen-bond donors (Lipinski definition) is 2. The number of benzene rings is 2. The molecule has 0 bridgehead atoms. The summed E-state index contributed by atoms with van der Waals surface area (Å²) in [7, 11) is 0. The zero-order valence-corrected chi connectivity index (χ0v) is 17.3. The average molecular weight is 433 g/mol. The molecule has 1 saturated heterocycles. The number of carbonyl (C=O) groups is 2. The Morgan fingerprint density at radius 3 is 2.39 bits per heavy atom. The second kappa shape index (κ2) is 10.4. The Balaban J connectivity index is 1.42. The van der Waals surface area contributed by atoms with Crippen LogP contribution in [0.3, 0.4) is 0 Å². The number of halogens is 3. The lowest BCUT2D eigenvalue weighted by Crippen LogP contribution is -2.49. The quantitative estimate of drug-likeness (QED) is 0.657. The van der Waals surface area contributed by atoms with Gasteiger partial charge in [-0.3, -0.25) is 14.5 Å². The lowest BCUT2D eigenvalue weighted by atomic mass is 9.89. The standard InChI is InChI=1S/C23H26F3N3O2/c1-15(29-11-9-17(10-12-29)13-16-5-3-2-4-6-16)23(31)27-14-20(30)28-19-8-7-18(24)21(25)22(19)26/h2-8,15,17H,9-14H2,1H3,(H,27,31)(H,28,30)/t15-/m1/s1. The van der Waals surface area contributed by atoms with Crippen LogP contribution in [0.2, 0.25) is 0 Å². The highest BCUT2D eigenvalue weighted by Gasteiger charge is 2.27. The molecule has 1 aliphatic rings. The van der Waals surface area contributed by atoms with Gasteiger partial charge in [-0.1, -0.05) is 30.3 Å². The van der Waals surface area contributed by atoms with Crippen LogP contribution in [0.15, 0.2) is 42.5 Å². The molecule has 5 nitrogen and oxygen atoms in total. The van der Waals surface area contributed by atoms with Crippen molar-refractivity contribution in [2.75, 3.05) is 25.0 Å². The molecule has 0 unspecified atom stereocenters. The molecule has 1 fully saturated rings.